The van der Waals surface area contributed by atoms with Crippen LogP contribution in [-0.2, 0) is 25.7 Å². The van der Waals surface area contributed by atoms with Gasteiger partial charge in [0.25, 0.3) is 0 Å². The Labute approximate surface area is 178 Å². The predicted molar refractivity (Wildman–Crippen MR) is 114 cm³/mol. The van der Waals surface area contributed by atoms with Crippen molar-refractivity contribution in [3.63, 3.8) is 0 Å². The molecule has 6 nitrogen and oxygen atoms in total. The topological polar surface area (TPSA) is 89.5 Å². The van der Waals surface area contributed by atoms with Gasteiger partial charge in [-0.1, -0.05) is 69.9 Å². The van der Waals surface area contributed by atoms with E-state index in [0.717, 1.165) is 37.7 Å². The first kappa shape index (κ1) is 23.8. The summed E-state index contributed by atoms with van der Waals surface area (Å²) in [6.45, 7) is 3.78. The third-order valence-corrected chi connectivity index (χ3v) is 5.55. The zero-order valence-electron chi connectivity index (χ0n) is 18.0. The van der Waals surface area contributed by atoms with Gasteiger partial charge in [-0.05, 0) is 24.3 Å². The fourth-order valence-corrected chi connectivity index (χ4v) is 3.76. The standard InChI is InChI=1S/C24H33NO5/c1-17(2)22(25-24(29)30-16-18-11-7-6-8-12-18)21(27)15-19-13-9-4-3-5-10-14-20(26)23(19)28/h6-8,11-12,17,19,22H,3-5,9-10,13-16H2,1-2H3,(H,25,29)/t19?,22-/m0/s1. The molecular formula is C24H33NO5. The summed E-state index contributed by atoms with van der Waals surface area (Å²) in [6, 6.07) is 8.53. The first-order valence-corrected chi connectivity index (χ1v) is 11.0. The van der Waals surface area contributed by atoms with Crippen molar-refractivity contribution in [2.45, 2.75) is 77.9 Å². The number of alkyl carbamates (subject to hydrolysis) is 1. The van der Waals surface area contributed by atoms with Gasteiger partial charge in [0.15, 0.2) is 11.6 Å². The lowest BCUT2D eigenvalue weighted by molar-refractivity contribution is -0.140. The van der Waals surface area contributed by atoms with E-state index in [0.29, 0.717) is 6.42 Å². The maximum atomic E-state index is 12.9. The second kappa shape index (κ2) is 12.3. The van der Waals surface area contributed by atoms with Crippen LogP contribution in [0.25, 0.3) is 0 Å². The molecule has 1 saturated carbocycles. The largest absolute Gasteiger partial charge is 0.445 e. The van der Waals surface area contributed by atoms with Crippen LogP contribution in [0, 0.1) is 11.8 Å². The number of carbonyl (C=O) groups excluding carboxylic acids is 4. The fourth-order valence-electron chi connectivity index (χ4n) is 3.76. The summed E-state index contributed by atoms with van der Waals surface area (Å²) in [4.78, 5) is 49.9. The zero-order chi connectivity index (χ0) is 21.9. The lowest BCUT2D eigenvalue weighted by Gasteiger charge is -2.23. The number of benzene rings is 1. The number of ether oxygens (including phenoxy) is 1. The maximum absolute atomic E-state index is 12.9. The molecule has 0 spiro atoms. The van der Waals surface area contributed by atoms with Crippen molar-refractivity contribution >= 4 is 23.4 Å². The summed E-state index contributed by atoms with van der Waals surface area (Å²) in [6.07, 6.45) is 4.69. The van der Waals surface area contributed by atoms with Gasteiger partial charge in [-0.25, -0.2) is 4.79 Å². The Morgan fingerprint density at radius 1 is 1.03 bits per heavy atom. The van der Waals surface area contributed by atoms with Crippen molar-refractivity contribution < 1.29 is 23.9 Å². The second-order valence-corrected chi connectivity index (χ2v) is 8.39. The van der Waals surface area contributed by atoms with Gasteiger partial charge in [-0.3, -0.25) is 14.4 Å². The SMILES string of the molecule is CC(C)[C@H](NC(=O)OCc1ccccc1)C(=O)CC1CCCCCCCC(=O)C1=O. The minimum Gasteiger partial charge on any atom is -0.445 e. The van der Waals surface area contributed by atoms with Gasteiger partial charge >= 0.3 is 6.09 Å². The summed E-state index contributed by atoms with van der Waals surface area (Å²) in [5.74, 6) is -1.78. The molecule has 0 aromatic heterocycles. The van der Waals surface area contributed by atoms with Crippen LogP contribution in [0.3, 0.4) is 0 Å². The molecule has 0 heterocycles. The highest BCUT2D eigenvalue weighted by molar-refractivity contribution is 6.38. The monoisotopic (exact) mass is 415 g/mol. The lowest BCUT2D eigenvalue weighted by atomic mass is 9.84. The molecule has 6 heteroatoms. The molecule has 2 atom stereocenters. The molecule has 2 rings (SSSR count). The lowest BCUT2D eigenvalue weighted by Crippen LogP contribution is -2.45. The van der Waals surface area contributed by atoms with Crippen LogP contribution in [0.2, 0.25) is 0 Å². The van der Waals surface area contributed by atoms with Crippen LogP contribution >= 0.6 is 0 Å². The highest BCUT2D eigenvalue weighted by Gasteiger charge is 2.32. The minimum absolute atomic E-state index is 0.0214. The third-order valence-electron chi connectivity index (χ3n) is 5.55. The molecule has 30 heavy (non-hydrogen) atoms. The van der Waals surface area contributed by atoms with Crippen molar-refractivity contribution in [3.8, 4) is 0 Å². The number of ketones is 3. The first-order valence-electron chi connectivity index (χ1n) is 11.0. The summed E-state index contributed by atoms with van der Waals surface area (Å²) >= 11 is 0. The Hall–Kier alpha value is -2.50. The Morgan fingerprint density at radius 3 is 2.40 bits per heavy atom. The van der Waals surface area contributed by atoms with Crippen LogP contribution in [-0.4, -0.2) is 29.5 Å². The van der Waals surface area contributed by atoms with E-state index in [1.54, 1.807) is 0 Å². The predicted octanol–water partition coefficient (Wildman–Crippen LogP) is 4.40. The van der Waals surface area contributed by atoms with Crippen molar-refractivity contribution in [3.05, 3.63) is 35.9 Å². The Morgan fingerprint density at radius 2 is 1.70 bits per heavy atom. The van der Waals surface area contributed by atoms with Crippen molar-refractivity contribution in [1.82, 2.24) is 5.32 Å². The van der Waals surface area contributed by atoms with Crippen LogP contribution in [0.1, 0.15) is 70.8 Å². The number of hydrogen-bond donors (Lipinski definition) is 1. The number of nitrogens with one attached hydrogen (secondary N) is 1. The molecule has 0 saturated heterocycles. The molecule has 1 aliphatic carbocycles. The molecule has 0 aliphatic heterocycles. The van der Waals surface area contributed by atoms with Gasteiger partial charge in [-0.15, -0.1) is 0 Å². The van der Waals surface area contributed by atoms with Gasteiger partial charge in [-0.2, -0.15) is 0 Å². The third kappa shape index (κ3) is 7.73. The summed E-state index contributed by atoms with van der Waals surface area (Å²) in [7, 11) is 0. The molecule has 1 amide bonds. The molecule has 1 aliphatic rings. The smallest absolute Gasteiger partial charge is 0.408 e. The number of carbonyl (C=O) groups is 4. The first-order chi connectivity index (χ1) is 14.4. The van der Waals surface area contributed by atoms with E-state index in [9.17, 15) is 19.2 Å². The van der Waals surface area contributed by atoms with Crippen molar-refractivity contribution in [2.24, 2.45) is 11.8 Å². The molecule has 0 radical (unpaired) electrons. The van der Waals surface area contributed by atoms with Gasteiger partial charge in [0.2, 0.25) is 5.78 Å². The summed E-state index contributed by atoms with van der Waals surface area (Å²) in [5, 5.41) is 2.65. The normalized spacial score (nSPS) is 19.2. The molecule has 0 bridgehead atoms. The molecule has 1 aromatic carbocycles. The summed E-state index contributed by atoms with van der Waals surface area (Å²) < 4.78 is 5.23. The van der Waals surface area contributed by atoms with E-state index in [1.807, 2.05) is 44.2 Å². The molecule has 1 fully saturated rings. The van der Waals surface area contributed by atoms with Gasteiger partial charge in [0.1, 0.15) is 6.61 Å². The van der Waals surface area contributed by atoms with Crippen molar-refractivity contribution in [2.75, 3.05) is 0 Å². The van der Waals surface area contributed by atoms with Gasteiger partial charge in [0, 0.05) is 18.8 Å². The van der Waals surface area contributed by atoms with Crippen LogP contribution < -0.4 is 5.32 Å². The number of amides is 1. The minimum atomic E-state index is -0.758. The Balaban J connectivity index is 1.96. The molecular weight excluding hydrogens is 382 g/mol. The number of hydrogen-bond acceptors (Lipinski definition) is 5. The van der Waals surface area contributed by atoms with E-state index >= 15 is 0 Å². The average Bonchev–Trinajstić information content (AvgIpc) is 2.73. The van der Waals surface area contributed by atoms with Gasteiger partial charge in [0.05, 0.1) is 6.04 Å². The number of Topliss-reactive ketones (excluding diaryl/α,β-unsaturated/α-hetero) is 3. The van der Waals surface area contributed by atoms with E-state index < -0.39 is 23.8 Å². The van der Waals surface area contributed by atoms with Crippen LogP contribution in [0.15, 0.2) is 30.3 Å². The number of rotatable bonds is 7. The highest BCUT2D eigenvalue weighted by Crippen LogP contribution is 2.22. The molecule has 1 unspecified atom stereocenters. The quantitative estimate of drug-likeness (QED) is 0.667. The average molecular weight is 416 g/mol. The fraction of sp³-hybridized carbons (Fsp3) is 0.583. The van der Waals surface area contributed by atoms with E-state index in [-0.39, 0.29) is 36.9 Å². The van der Waals surface area contributed by atoms with Crippen LogP contribution in [0.5, 0.6) is 0 Å². The van der Waals surface area contributed by atoms with Gasteiger partial charge < -0.3 is 10.1 Å². The summed E-state index contributed by atoms with van der Waals surface area (Å²) in [5.41, 5.74) is 0.852. The second-order valence-electron chi connectivity index (χ2n) is 8.39. The Bertz CT molecular complexity index is 728. The van der Waals surface area contributed by atoms with Crippen LogP contribution in [0.4, 0.5) is 4.79 Å². The maximum Gasteiger partial charge on any atom is 0.408 e. The van der Waals surface area contributed by atoms with Crippen molar-refractivity contribution in [1.29, 1.82) is 0 Å². The molecule has 164 valence electrons. The highest BCUT2D eigenvalue weighted by atomic mass is 16.5. The zero-order valence-corrected chi connectivity index (χ0v) is 18.0. The molecule has 1 N–H and O–H groups in total. The van der Waals surface area contributed by atoms with E-state index in [4.69, 9.17) is 4.74 Å². The Kier molecular flexibility index (Phi) is 9.71. The van der Waals surface area contributed by atoms with E-state index in [2.05, 4.69) is 5.32 Å². The van der Waals surface area contributed by atoms with E-state index in [1.165, 1.54) is 0 Å². The molecule has 1 aromatic rings.